The van der Waals surface area contributed by atoms with Crippen molar-refractivity contribution in [3.63, 3.8) is 0 Å². The van der Waals surface area contributed by atoms with Crippen molar-refractivity contribution in [2.75, 3.05) is 37.8 Å². The quantitative estimate of drug-likeness (QED) is 0.620. The number of ether oxygens (including phenoxy) is 2. The number of benzene rings is 2. The SMILES string of the molecule is CCOC(=O)c1ccc2ncn(Cc3cccc(N4CCOCC4)c3)c(=O)c2c1. The van der Waals surface area contributed by atoms with Gasteiger partial charge in [-0.1, -0.05) is 12.1 Å². The predicted octanol–water partition coefficient (Wildman–Crippen LogP) is 2.46. The largest absolute Gasteiger partial charge is 0.462 e. The third-order valence-electron chi connectivity index (χ3n) is 4.97. The van der Waals surface area contributed by atoms with Gasteiger partial charge in [0.25, 0.3) is 5.56 Å². The normalized spacial score (nSPS) is 14.2. The molecule has 29 heavy (non-hydrogen) atoms. The van der Waals surface area contributed by atoms with Crippen molar-refractivity contribution >= 4 is 22.6 Å². The Kier molecular flexibility index (Phi) is 5.57. The number of hydrogen-bond acceptors (Lipinski definition) is 6. The van der Waals surface area contributed by atoms with Crippen molar-refractivity contribution in [1.82, 2.24) is 9.55 Å². The Morgan fingerprint density at radius 3 is 2.79 bits per heavy atom. The smallest absolute Gasteiger partial charge is 0.338 e. The van der Waals surface area contributed by atoms with Gasteiger partial charge in [0.1, 0.15) is 0 Å². The maximum Gasteiger partial charge on any atom is 0.338 e. The van der Waals surface area contributed by atoms with Crippen molar-refractivity contribution < 1.29 is 14.3 Å². The van der Waals surface area contributed by atoms with E-state index in [-0.39, 0.29) is 12.2 Å². The molecule has 1 saturated heterocycles. The van der Waals surface area contributed by atoms with E-state index in [9.17, 15) is 9.59 Å². The summed E-state index contributed by atoms with van der Waals surface area (Å²) >= 11 is 0. The molecule has 2 heterocycles. The molecule has 0 aliphatic carbocycles. The Bertz CT molecular complexity index is 1090. The second kappa shape index (κ2) is 8.45. The molecule has 3 aromatic rings. The van der Waals surface area contributed by atoms with Gasteiger partial charge in [-0.25, -0.2) is 9.78 Å². The van der Waals surface area contributed by atoms with E-state index >= 15 is 0 Å². The van der Waals surface area contributed by atoms with Gasteiger partial charge in [-0.3, -0.25) is 9.36 Å². The maximum atomic E-state index is 13.0. The van der Waals surface area contributed by atoms with Crippen molar-refractivity contribution in [2.45, 2.75) is 13.5 Å². The Morgan fingerprint density at radius 1 is 1.17 bits per heavy atom. The molecule has 0 spiro atoms. The summed E-state index contributed by atoms with van der Waals surface area (Å²) in [4.78, 5) is 31.7. The van der Waals surface area contributed by atoms with Gasteiger partial charge in [0.15, 0.2) is 0 Å². The zero-order valence-corrected chi connectivity index (χ0v) is 16.3. The topological polar surface area (TPSA) is 73.7 Å². The molecule has 2 aromatic carbocycles. The highest BCUT2D eigenvalue weighted by Gasteiger charge is 2.13. The average molecular weight is 393 g/mol. The van der Waals surface area contributed by atoms with Crippen LogP contribution in [0.3, 0.4) is 0 Å². The molecule has 1 aliphatic rings. The van der Waals surface area contributed by atoms with Crippen LogP contribution in [0.25, 0.3) is 10.9 Å². The molecule has 1 fully saturated rings. The summed E-state index contributed by atoms with van der Waals surface area (Å²) in [6, 6.07) is 13.0. The molecule has 7 heteroatoms. The zero-order valence-electron chi connectivity index (χ0n) is 16.3. The van der Waals surface area contributed by atoms with Crippen LogP contribution >= 0.6 is 0 Å². The minimum absolute atomic E-state index is 0.182. The molecule has 7 nitrogen and oxygen atoms in total. The molecule has 0 amide bonds. The number of morpholine rings is 1. The average Bonchev–Trinajstić information content (AvgIpc) is 2.76. The van der Waals surface area contributed by atoms with Crippen molar-refractivity contribution in [3.8, 4) is 0 Å². The molecule has 0 atom stereocenters. The molecule has 0 unspecified atom stereocenters. The van der Waals surface area contributed by atoms with Gasteiger partial charge >= 0.3 is 5.97 Å². The lowest BCUT2D eigenvalue weighted by Crippen LogP contribution is -2.36. The highest BCUT2D eigenvalue weighted by atomic mass is 16.5. The van der Waals surface area contributed by atoms with E-state index in [0.717, 1.165) is 37.6 Å². The Balaban J connectivity index is 1.63. The fourth-order valence-electron chi connectivity index (χ4n) is 3.48. The van der Waals surface area contributed by atoms with Crippen LogP contribution in [0.15, 0.2) is 53.6 Å². The monoisotopic (exact) mass is 393 g/mol. The lowest BCUT2D eigenvalue weighted by molar-refractivity contribution is 0.0526. The van der Waals surface area contributed by atoms with Crippen LogP contribution in [0.5, 0.6) is 0 Å². The van der Waals surface area contributed by atoms with Crippen LogP contribution in [-0.4, -0.2) is 48.4 Å². The molecule has 0 saturated carbocycles. The van der Waals surface area contributed by atoms with Gasteiger partial charge in [-0.05, 0) is 42.8 Å². The molecule has 0 bridgehead atoms. The summed E-state index contributed by atoms with van der Waals surface area (Å²) in [5.74, 6) is -0.442. The van der Waals surface area contributed by atoms with Gasteiger partial charge in [-0.15, -0.1) is 0 Å². The summed E-state index contributed by atoms with van der Waals surface area (Å²) in [5.41, 5.74) is 2.86. The van der Waals surface area contributed by atoms with Crippen molar-refractivity contribution in [3.05, 3.63) is 70.3 Å². The Morgan fingerprint density at radius 2 is 2.00 bits per heavy atom. The minimum atomic E-state index is -0.442. The number of carbonyl (C=O) groups is 1. The van der Waals surface area contributed by atoms with Gasteiger partial charge in [0, 0.05) is 18.8 Å². The standard InChI is InChI=1S/C22H23N3O4/c1-2-29-22(27)17-6-7-20-19(13-17)21(26)25(15-23-20)14-16-4-3-5-18(12-16)24-8-10-28-11-9-24/h3-7,12-13,15H,2,8-11,14H2,1H3. The van der Waals surface area contributed by atoms with E-state index in [1.54, 1.807) is 36.0 Å². The molecule has 4 rings (SSSR count). The number of hydrogen-bond donors (Lipinski definition) is 0. The van der Waals surface area contributed by atoms with Gasteiger partial charge in [0.05, 0.1) is 49.2 Å². The van der Waals surface area contributed by atoms with Gasteiger partial charge < -0.3 is 14.4 Å². The van der Waals surface area contributed by atoms with E-state index in [0.29, 0.717) is 23.0 Å². The van der Waals surface area contributed by atoms with Crippen molar-refractivity contribution in [1.29, 1.82) is 0 Å². The molecular formula is C22H23N3O4. The molecule has 150 valence electrons. The third-order valence-corrected chi connectivity index (χ3v) is 4.97. The van der Waals surface area contributed by atoms with E-state index in [2.05, 4.69) is 22.0 Å². The second-order valence-corrected chi connectivity index (χ2v) is 6.90. The van der Waals surface area contributed by atoms with Crippen LogP contribution in [-0.2, 0) is 16.0 Å². The summed E-state index contributed by atoms with van der Waals surface area (Å²) in [6.07, 6.45) is 1.55. The number of anilines is 1. The lowest BCUT2D eigenvalue weighted by atomic mass is 10.1. The number of carbonyl (C=O) groups excluding carboxylic acids is 1. The maximum absolute atomic E-state index is 13.0. The number of fused-ring (bicyclic) bond motifs is 1. The molecule has 1 aromatic heterocycles. The third kappa shape index (κ3) is 4.14. The molecule has 0 N–H and O–H groups in total. The van der Waals surface area contributed by atoms with Crippen LogP contribution in [0.1, 0.15) is 22.8 Å². The Hall–Kier alpha value is -3.19. The first-order valence-electron chi connectivity index (χ1n) is 9.73. The number of aromatic nitrogens is 2. The summed E-state index contributed by atoms with van der Waals surface area (Å²) < 4.78 is 12.0. The highest BCUT2D eigenvalue weighted by molar-refractivity contribution is 5.94. The highest BCUT2D eigenvalue weighted by Crippen LogP contribution is 2.18. The predicted molar refractivity (Wildman–Crippen MR) is 111 cm³/mol. The number of rotatable bonds is 5. The molecule has 0 radical (unpaired) electrons. The Labute approximate surface area is 168 Å². The molecule has 1 aliphatic heterocycles. The second-order valence-electron chi connectivity index (χ2n) is 6.90. The van der Waals surface area contributed by atoms with Crippen molar-refractivity contribution in [2.24, 2.45) is 0 Å². The summed E-state index contributed by atoms with van der Waals surface area (Å²) in [7, 11) is 0. The number of nitrogens with zero attached hydrogens (tertiary/aromatic N) is 3. The lowest BCUT2D eigenvalue weighted by Gasteiger charge is -2.29. The first-order valence-corrected chi connectivity index (χ1v) is 9.73. The summed E-state index contributed by atoms with van der Waals surface area (Å²) in [6.45, 7) is 5.60. The van der Waals surface area contributed by atoms with E-state index < -0.39 is 5.97 Å². The first kappa shape index (κ1) is 19.1. The van der Waals surface area contributed by atoms with Crippen LogP contribution in [0, 0.1) is 0 Å². The fraction of sp³-hybridized carbons (Fsp3) is 0.318. The summed E-state index contributed by atoms with van der Waals surface area (Å²) in [5, 5.41) is 0.405. The first-order chi connectivity index (χ1) is 14.2. The van der Waals surface area contributed by atoms with Gasteiger partial charge in [0.2, 0.25) is 0 Å². The van der Waals surface area contributed by atoms with Crippen LogP contribution in [0.4, 0.5) is 5.69 Å². The number of esters is 1. The van der Waals surface area contributed by atoms with Crippen LogP contribution in [0.2, 0.25) is 0 Å². The van der Waals surface area contributed by atoms with E-state index in [1.165, 1.54) is 0 Å². The zero-order chi connectivity index (χ0) is 20.2. The van der Waals surface area contributed by atoms with E-state index in [4.69, 9.17) is 9.47 Å². The van der Waals surface area contributed by atoms with Gasteiger partial charge in [-0.2, -0.15) is 0 Å². The minimum Gasteiger partial charge on any atom is -0.462 e. The van der Waals surface area contributed by atoms with E-state index in [1.807, 2.05) is 12.1 Å². The molecular weight excluding hydrogens is 370 g/mol. The fourth-order valence-corrected chi connectivity index (χ4v) is 3.48. The van der Waals surface area contributed by atoms with Crippen LogP contribution < -0.4 is 10.5 Å².